The standard InChI is InChI=1S/C10H7ClN6/c11-9-4-5-10-13-7-8(17(10)15-9)3-1-2-6-14-16-12/h4-5,7H,2,6H2. The van der Waals surface area contributed by atoms with Gasteiger partial charge in [-0.2, -0.15) is 5.10 Å². The van der Waals surface area contributed by atoms with Crippen molar-refractivity contribution in [3.05, 3.63) is 39.6 Å². The first kappa shape index (κ1) is 11.3. The normalized spacial score (nSPS) is 9.47. The van der Waals surface area contributed by atoms with Crippen molar-refractivity contribution in [2.45, 2.75) is 6.42 Å². The van der Waals surface area contributed by atoms with Gasteiger partial charge in [0.15, 0.2) is 5.65 Å². The summed E-state index contributed by atoms with van der Waals surface area (Å²) in [5, 5.41) is 7.85. The summed E-state index contributed by atoms with van der Waals surface area (Å²) in [7, 11) is 0. The van der Waals surface area contributed by atoms with Gasteiger partial charge >= 0.3 is 0 Å². The van der Waals surface area contributed by atoms with Gasteiger partial charge in [0.25, 0.3) is 0 Å². The second-order valence-electron chi connectivity index (χ2n) is 3.08. The highest BCUT2D eigenvalue weighted by Crippen LogP contribution is 2.08. The molecular weight excluding hydrogens is 240 g/mol. The Bertz CT molecular complexity index is 644. The third-order valence-electron chi connectivity index (χ3n) is 1.95. The number of aromatic nitrogens is 3. The zero-order valence-electron chi connectivity index (χ0n) is 8.71. The summed E-state index contributed by atoms with van der Waals surface area (Å²) >= 11 is 5.79. The highest BCUT2D eigenvalue weighted by Gasteiger charge is 2.01. The number of hydrogen-bond acceptors (Lipinski definition) is 3. The second-order valence-corrected chi connectivity index (χ2v) is 3.46. The highest BCUT2D eigenvalue weighted by molar-refractivity contribution is 6.29. The first-order valence-electron chi connectivity index (χ1n) is 4.81. The quantitative estimate of drug-likeness (QED) is 0.268. The van der Waals surface area contributed by atoms with Crippen molar-refractivity contribution < 1.29 is 0 Å². The van der Waals surface area contributed by atoms with Crippen LogP contribution in [-0.2, 0) is 0 Å². The van der Waals surface area contributed by atoms with Crippen molar-refractivity contribution >= 4 is 17.2 Å². The van der Waals surface area contributed by atoms with Gasteiger partial charge in [0.2, 0.25) is 0 Å². The molecule has 0 bridgehead atoms. The van der Waals surface area contributed by atoms with Crippen molar-refractivity contribution in [1.29, 1.82) is 0 Å². The number of azide groups is 1. The van der Waals surface area contributed by atoms with Crippen LogP contribution >= 0.6 is 11.6 Å². The fourth-order valence-corrected chi connectivity index (χ4v) is 1.38. The molecule has 0 aliphatic heterocycles. The van der Waals surface area contributed by atoms with Gasteiger partial charge in [0.05, 0.1) is 6.20 Å². The molecule has 0 aliphatic carbocycles. The predicted molar refractivity (Wildman–Crippen MR) is 63.5 cm³/mol. The Hall–Kier alpha value is -2.22. The molecule has 17 heavy (non-hydrogen) atoms. The average Bonchev–Trinajstić information content (AvgIpc) is 2.72. The molecule has 6 nitrogen and oxygen atoms in total. The maximum Gasteiger partial charge on any atom is 0.155 e. The number of imidazole rings is 1. The number of fused-ring (bicyclic) bond motifs is 1. The van der Waals surface area contributed by atoms with Crippen LogP contribution in [0.4, 0.5) is 0 Å². The van der Waals surface area contributed by atoms with E-state index < -0.39 is 0 Å². The summed E-state index contributed by atoms with van der Waals surface area (Å²) in [5.74, 6) is 5.78. The molecule has 2 rings (SSSR count). The molecule has 0 aliphatic rings. The van der Waals surface area contributed by atoms with Gasteiger partial charge in [-0.15, -0.1) is 0 Å². The summed E-state index contributed by atoms with van der Waals surface area (Å²) < 4.78 is 1.57. The molecule has 0 saturated heterocycles. The summed E-state index contributed by atoms with van der Waals surface area (Å²) in [6.45, 7) is 0.356. The second kappa shape index (κ2) is 5.21. The van der Waals surface area contributed by atoms with Gasteiger partial charge in [0.1, 0.15) is 10.8 Å². The number of halogens is 1. The Morgan fingerprint density at radius 3 is 3.24 bits per heavy atom. The maximum absolute atomic E-state index is 8.09. The molecule has 0 saturated carbocycles. The Morgan fingerprint density at radius 2 is 2.41 bits per heavy atom. The Labute approximate surface area is 102 Å². The zero-order valence-corrected chi connectivity index (χ0v) is 9.46. The van der Waals surface area contributed by atoms with Gasteiger partial charge in [0, 0.05) is 17.9 Å². The fourth-order valence-electron chi connectivity index (χ4n) is 1.24. The molecule has 7 heteroatoms. The summed E-state index contributed by atoms with van der Waals surface area (Å²) in [6, 6.07) is 3.43. The van der Waals surface area contributed by atoms with E-state index >= 15 is 0 Å². The summed E-state index contributed by atoms with van der Waals surface area (Å²) in [6.07, 6.45) is 2.12. The molecule has 0 aromatic carbocycles. The van der Waals surface area contributed by atoms with Crippen molar-refractivity contribution in [1.82, 2.24) is 14.6 Å². The fraction of sp³-hybridized carbons (Fsp3) is 0.200. The first-order valence-corrected chi connectivity index (χ1v) is 5.19. The minimum atomic E-state index is 0.356. The summed E-state index contributed by atoms with van der Waals surface area (Å²) in [4.78, 5) is 6.77. The van der Waals surface area contributed by atoms with Crippen LogP contribution in [0.2, 0.25) is 5.15 Å². The Balaban J connectivity index is 2.23. The SMILES string of the molecule is [N-]=[N+]=NCCC#Cc1cnc2ccc(Cl)nn12. The molecule has 0 atom stereocenters. The monoisotopic (exact) mass is 246 g/mol. The van der Waals surface area contributed by atoms with Crippen LogP contribution < -0.4 is 0 Å². The molecule has 2 aromatic rings. The van der Waals surface area contributed by atoms with Crippen LogP contribution in [0.25, 0.3) is 16.1 Å². The number of hydrogen-bond donors (Lipinski definition) is 0. The number of rotatable bonds is 2. The topological polar surface area (TPSA) is 79.0 Å². The smallest absolute Gasteiger partial charge is 0.155 e. The molecule has 0 fully saturated rings. The minimum absolute atomic E-state index is 0.356. The van der Waals surface area contributed by atoms with Gasteiger partial charge in [-0.3, -0.25) is 0 Å². The highest BCUT2D eigenvalue weighted by atomic mass is 35.5. The first-order chi connectivity index (χ1) is 8.31. The van der Waals surface area contributed by atoms with E-state index in [1.807, 2.05) is 0 Å². The van der Waals surface area contributed by atoms with Gasteiger partial charge in [-0.05, 0) is 23.6 Å². The molecule has 0 unspecified atom stereocenters. The van der Waals surface area contributed by atoms with E-state index in [0.717, 1.165) is 0 Å². The number of nitrogens with zero attached hydrogens (tertiary/aromatic N) is 6. The van der Waals surface area contributed by atoms with Crippen molar-refractivity contribution in [2.24, 2.45) is 5.11 Å². The maximum atomic E-state index is 8.09. The van der Waals surface area contributed by atoms with E-state index in [1.54, 1.807) is 22.8 Å². The average molecular weight is 247 g/mol. The van der Waals surface area contributed by atoms with Crippen LogP contribution in [0, 0.1) is 11.8 Å². The molecule has 0 radical (unpaired) electrons. The third kappa shape index (κ3) is 2.67. The molecular formula is C10H7ClN6. The van der Waals surface area contributed by atoms with Crippen molar-refractivity contribution in [3.8, 4) is 11.8 Å². The van der Waals surface area contributed by atoms with Crippen LogP contribution in [0.3, 0.4) is 0 Å². The van der Waals surface area contributed by atoms with E-state index in [4.69, 9.17) is 17.1 Å². The lowest BCUT2D eigenvalue weighted by Gasteiger charge is -1.93. The largest absolute Gasteiger partial charge is 0.234 e. The molecule has 2 aromatic heterocycles. The van der Waals surface area contributed by atoms with Crippen LogP contribution in [0.5, 0.6) is 0 Å². The van der Waals surface area contributed by atoms with Gasteiger partial charge < -0.3 is 0 Å². The van der Waals surface area contributed by atoms with E-state index in [9.17, 15) is 0 Å². The lowest BCUT2D eigenvalue weighted by Crippen LogP contribution is -1.94. The zero-order chi connectivity index (χ0) is 12.1. The molecule has 0 spiro atoms. The van der Waals surface area contributed by atoms with Gasteiger partial charge in [-0.25, -0.2) is 9.50 Å². The van der Waals surface area contributed by atoms with E-state index in [1.165, 1.54) is 0 Å². The van der Waals surface area contributed by atoms with Crippen LogP contribution in [0.15, 0.2) is 23.4 Å². The lowest BCUT2D eigenvalue weighted by atomic mass is 10.4. The lowest BCUT2D eigenvalue weighted by molar-refractivity contribution is 0.923. The Morgan fingerprint density at radius 1 is 1.53 bits per heavy atom. The van der Waals surface area contributed by atoms with Crippen molar-refractivity contribution in [2.75, 3.05) is 6.54 Å². The van der Waals surface area contributed by atoms with Crippen LogP contribution in [-0.4, -0.2) is 21.1 Å². The Kier molecular flexibility index (Phi) is 3.46. The third-order valence-corrected chi connectivity index (χ3v) is 2.15. The minimum Gasteiger partial charge on any atom is -0.234 e. The molecule has 0 N–H and O–H groups in total. The van der Waals surface area contributed by atoms with E-state index in [-0.39, 0.29) is 0 Å². The van der Waals surface area contributed by atoms with Gasteiger partial charge in [-0.1, -0.05) is 22.6 Å². The predicted octanol–water partition coefficient (Wildman–Crippen LogP) is 2.43. The summed E-state index contributed by atoms with van der Waals surface area (Å²) in [5.41, 5.74) is 9.44. The molecule has 84 valence electrons. The van der Waals surface area contributed by atoms with E-state index in [2.05, 4.69) is 31.9 Å². The molecule has 0 amide bonds. The van der Waals surface area contributed by atoms with E-state index in [0.29, 0.717) is 29.5 Å². The van der Waals surface area contributed by atoms with Crippen molar-refractivity contribution in [3.63, 3.8) is 0 Å². The van der Waals surface area contributed by atoms with Crippen LogP contribution in [0.1, 0.15) is 12.1 Å². The molecule has 2 heterocycles.